The molecule has 9 heteroatoms. The van der Waals surface area contributed by atoms with Gasteiger partial charge in [-0.3, -0.25) is 9.52 Å². The SMILES string of the molecule is COC(=O)CCCS(=O)(=O)Nc1cc(N)ccc1C(=O)O. The molecule has 116 valence electrons. The van der Waals surface area contributed by atoms with Crippen LogP contribution in [0.2, 0.25) is 0 Å². The summed E-state index contributed by atoms with van der Waals surface area (Å²) in [4.78, 5) is 21.9. The fourth-order valence-corrected chi connectivity index (χ4v) is 2.69. The molecule has 4 N–H and O–H groups in total. The summed E-state index contributed by atoms with van der Waals surface area (Å²) in [6.07, 6.45) is 0.0207. The number of benzene rings is 1. The monoisotopic (exact) mass is 316 g/mol. The van der Waals surface area contributed by atoms with Crippen molar-refractivity contribution in [2.45, 2.75) is 12.8 Å². The highest BCUT2D eigenvalue weighted by Crippen LogP contribution is 2.21. The molecule has 0 fully saturated rings. The Kier molecular flexibility index (Phi) is 5.53. The van der Waals surface area contributed by atoms with Gasteiger partial charge in [-0.15, -0.1) is 0 Å². The Morgan fingerprint density at radius 2 is 2.05 bits per heavy atom. The molecule has 21 heavy (non-hydrogen) atoms. The van der Waals surface area contributed by atoms with Crippen LogP contribution in [0.4, 0.5) is 11.4 Å². The van der Waals surface area contributed by atoms with Gasteiger partial charge in [0.2, 0.25) is 10.0 Å². The van der Waals surface area contributed by atoms with E-state index in [1.54, 1.807) is 0 Å². The van der Waals surface area contributed by atoms with Gasteiger partial charge in [0.05, 0.1) is 24.1 Å². The highest BCUT2D eigenvalue weighted by atomic mass is 32.2. The zero-order valence-electron chi connectivity index (χ0n) is 11.3. The number of carboxylic acid groups (broad SMARTS) is 1. The Hall–Kier alpha value is -2.29. The van der Waals surface area contributed by atoms with E-state index >= 15 is 0 Å². The molecular weight excluding hydrogens is 300 g/mol. The second-order valence-electron chi connectivity index (χ2n) is 4.21. The van der Waals surface area contributed by atoms with Crippen LogP contribution in [0, 0.1) is 0 Å². The highest BCUT2D eigenvalue weighted by Gasteiger charge is 2.17. The first-order chi connectivity index (χ1) is 9.75. The van der Waals surface area contributed by atoms with Crippen LogP contribution >= 0.6 is 0 Å². The highest BCUT2D eigenvalue weighted by molar-refractivity contribution is 7.92. The van der Waals surface area contributed by atoms with Crippen molar-refractivity contribution >= 4 is 33.3 Å². The number of anilines is 2. The summed E-state index contributed by atoms with van der Waals surface area (Å²) in [5.74, 6) is -2.13. The molecule has 1 aromatic carbocycles. The van der Waals surface area contributed by atoms with Crippen molar-refractivity contribution in [2.24, 2.45) is 0 Å². The zero-order valence-corrected chi connectivity index (χ0v) is 12.1. The first kappa shape index (κ1) is 16.8. The summed E-state index contributed by atoms with van der Waals surface area (Å²) in [5, 5.41) is 9.00. The Morgan fingerprint density at radius 1 is 1.38 bits per heavy atom. The largest absolute Gasteiger partial charge is 0.478 e. The van der Waals surface area contributed by atoms with Crippen LogP contribution in [0.3, 0.4) is 0 Å². The number of nitrogens with one attached hydrogen (secondary N) is 1. The molecule has 0 radical (unpaired) electrons. The van der Waals surface area contributed by atoms with Crippen molar-refractivity contribution in [1.29, 1.82) is 0 Å². The molecule has 0 atom stereocenters. The van der Waals surface area contributed by atoms with Gasteiger partial charge in [0.15, 0.2) is 0 Å². The Labute approximate surface area is 122 Å². The summed E-state index contributed by atoms with van der Waals surface area (Å²) in [5.41, 5.74) is 5.43. The third kappa shape index (κ3) is 5.30. The predicted octanol–water partition coefficient (Wildman–Crippen LogP) is 0.662. The van der Waals surface area contributed by atoms with E-state index in [2.05, 4.69) is 9.46 Å². The summed E-state index contributed by atoms with van der Waals surface area (Å²) in [6.45, 7) is 0. The standard InChI is InChI=1S/C12H16N2O6S/c1-20-11(15)3-2-6-21(18,19)14-10-7-8(13)4-5-9(10)12(16)17/h4-5,7,14H,2-3,6,13H2,1H3,(H,16,17). The van der Waals surface area contributed by atoms with Crippen LogP contribution in [-0.2, 0) is 19.6 Å². The van der Waals surface area contributed by atoms with Gasteiger partial charge in [0.25, 0.3) is 0 Å². The van der Waals surface area contributed by atoms with Gasteiger partial charge >= 0.3 is 11.9 Å². The van der Waals surface area contributed by atoms with E-state index < -0.39 is 22.0 Å². The van der Waals surface area contributed by atoms with Crippen molar-refractivity contribution in [3.8, 4) is 0 Å². The maximum absolute atomic E-state index is 11.9. The summed E-state index contributed by atoms with van der Waals surface area (Å²) in [6, 6.07) is 3.80. The number of hydrogen-bond donors (Lipinski definition) is 3. The minimum absolute atomic E-state index is 0.0415. The average Bonchev–Trinajstić information content (AvgIpc) is 2.37. The molecule has 0 unspecified atom stereocenters. The molecule has 0 amide bonds. The lowest BCUT2D eigenvalue weighted by Gasteiger charge is -2.11. The molecule has 0 saturated carbocycles. The first-order valence-electron chi connectivity index (χ1n) is 5.95. The fraction of sp³-hybridized carbons (Fsp3) is 0.333. The number of rotatable bonds is 7. The summed E-state index contributed by atoms with van der Waals surface area (Å²) < 4.78 is 30.3. The second-order valence-corrected chi connectivity index (χ2v) is 6.05. The van der Waals surface area contributed by atoms with E-state index in [-0.39, 0.29) is 35.5 Å². The van der Waals surface area contributed by atoms with Crippen LogP contribution in [0.1, 0.15) is 23.2 Å². The van der Waals surface area contributed by atoms with Gasteiger partial charge in [-0.2, -0.15) is 0 Å². The maximum atomic E-state index is 11.9. The Balaban J connectivity index is 2.82. The third-order valence-electron chi connectivity index (χ3n) is 2.56. The van der Waals surface area contributed by atoms with Gasteiger partial charge in [-0.05, 0) is 24.6 Å². The summed E-state index contributed by atoms with van der Waals surface area (Å²) in [7, 11) is -2.58. The molecular formula is C12H16N2O6S. The predicted molar refractivity (Wildman–Crippen MR) is 76.5 cm³/mol. The van der Waals surface area contributed by atoms with Crippen molar-refractivity contribution in [3.63, 3.8) is 0 Å². The molecule has 0 aliphatic carbocycles. The van der Waals surface area contributed by atoms with Gasteiger partial charge in [0.1, 0.15) is 0 Å². The van der Waals surface area contributed by atoms with Crippen LogP contribution in [0.25, 0.3) is 0 Å². The van der Waals surface area contributed by atoms with Crippen molar-refractivity contribution in [2.75, 3.05) is 23.3 Å². The van der Waals surface area contributed by atoms with Gasteiger partial charge in [-0.25, -0.2) is 13.2 Å². The fourth-order valence-electron chi connectivity index (χ4n) is 1.56. The molecule has 0 heterocycles. The number of ether oxygens (including phenoxy) is 1. The number of methoxy groups -OCH3 is 1. The molecule has 1 rings (SSSR count). The third-order valence-corrected chi connectivity index (χ3v) is 3.92. The molecule has 0 aliphatic rings. The minimum Gasteiger partial charge on any atom is -0.478 e. The van der Waals surface area contributed by atoms with Gasteiger partial charge in [-0.1, -0.05) is 0 Å². The summed E-state index contributed by atoms with van der Waals surface area (Å²) >= 11 is 0. The number of nitrogens with two attached hydrogens (primary N) is 1. The quantitative estimate of drug-likeness (QED) is 0.496. The Morgan fingerprint density at radius 3 is 2.62 bits per heavy atom. The molecule has 0 bridgehead atoms. The lowest BCUT2D eigenvalue weighted by molar-refractivity contribution is -0.140. The van der Waals surface area contributed by atoms with E-state index in [0.717, 1.165) is 0 Å². The van der Waals surface area contributed by atoms with Crippen LogP contribution in [0.15, 0.2) is 18.2 Å². The minimum atomic E-state index is -3.79. The number of aromatic carboxylic acids is 1. The Bertz CT molecular complexity index is 641. The average molecular weight is 316 g/mol. The lowest BCUT2D eigenvalue weighted by Crippen LogP contribution is -2.19. The lowest BCUT2D eigenvalue weighted by atomic mass is 10.1. The van der Waals surface area contributed by atoms with Crippen molar-refractivity contribution in [3.05, 3.63) is 23.8 Å². The molecule has 0 aromatic heterocycles. The number of carbonyl (C=O) groups is 2. The molecule has 1 aromatic rings. The number of esters is 1. The van der Waals surface area contributed by atoms with Crippen LogP contribution < -0.4 is 10.5 Å². The first-order valence-corrected chi connectivity index (χ1v) is 7.60. The molecule has 8 nitrogen and oxygen atoms in total. The number of nitrogen functional groups attached to an aromatic ring is 1. The zero-order chi connectivity index (χ0) is 16.0. The van der Waals surface area contributed by atoms with Gasteiger partial charge < -0.3 is 15.6 Å². The molecule has 0 spiro atoms. The number of carbonyl (C=O) groups excluding carboxylic acids is 1. The van der Waals surface area contributed by atoms with Crippen LogP contribution in [-0.4, -0.2) is 38.3 Å². The number of carboxylic acids is 1. The van der Waals surface area contributed by atoms with E-state index in [0.29, 0.717) is 0 Å². The van der Waals surface area contributed by atoms with E-state index in [1.807, 2.05) is 0 Å². The number of hydrogen-bond acceptors (Lipinski definition) is 6. The topological polar surface area (TPSA) is 136 Å². The van der Waals surface area contributed by atoms with Crippen molar-refractivity contribution < 1.29 is 27.9 Å². The maximum Gasteiger partial charge on any atom is 0.337 e. The van der Waals surface area contributed by atoms with Crippen molar-refractivity contribution in [1.82, 2.24) is 0 Å². The van der Waals surface area contributed by atoms with E-state index in [1.165, 1.54) is 25.3 Å². The smallest absolute Gasteiger partial charge is 0.337 e. The molecule has 0 saturated heterocycles. The normalized spacial score (nSPS) is 10.9. The van der Waals surface area contributed by atoms with E-state index in [9.17, 15) is 18.0 Å². The van der Waals surface area contributed by atoms with Crippen LogP contribution in [0.5, 0.6) is 0 Å². The van der Waals surface area contributed by atoms with E-state index in [4.69, 9.17) is 10.8 Å². The van der Waals surface area contributed by atoms with Gasteiger partial charge in [0, 0.05) is 12.1 Å². The number of sulfonamides is 1. The molecule has 0 aliphatic heterocycles. The second kappa shape index (κ2) is 6.93.